The van der Waals surface area contributed by atoms with Crippen LogP contribution in [0.2, 0.25) is 0 Å². The summed E-state index contributed by atoms with van der Waals surface area (Å²) in [6.07, 6.45) is 11.3. The Morgan fingerprint density at radius 2 is 1.72 bits per heavy atom. The van der Waals surface area contributed by atoms with E-state index in [0.29, 0.717) is 35.3 Å². The van der Waals surface area contributed by atoms with Gasteiger partial charge in [0, 0.05) is 40.9 Å². The van der Waals surface area contributed by atoms with E-state index in [1.807, 2.05) is 73.6 Å². The summed E-state index contributed by atoms with van der Waals surface area (Å²) in [5.41, 5.74) is 5.90. The van der Waals surface area contributed by atoms with Crippen LogP contribution in [0.5, 0.6) is 17.2 Å². The van der Waals surface area contributed by atoms with Crippen molar-refractivity contribution in [2.75, 3.05) is 13.0 Å². The van der Waals surface area contributed by atoms with Crippen molar-refractivity contribution >= 4 is 41.2 Å². The number of carbonyl (C=O) groups excluding carboxylic acids is 3. The van der Waals surface area contributed by atoms with Crippen molar-refractivity contribution in [1.82, 2.24) is 0 Å². The van der Waals surface area contributed by atoms with E-state index in [4.69, 9.17) is 45.8 Å². The number of allylic oxidation sites excluding steroid dienone is 5. The van der Waals surface area contributed by atoms with Gasteiger partial charge in [-0.05, 0) is 86.8 Å². The van der Waals surface area contributed by atoms with Crippen molar-refractivity contribution in [3.05, 3.63) is 74.7 Å². The fraction of sp³-hybridized carbons (Fsp3) is 0.511. The molecule has 57 heavy (non-hydrogen) atoms. The quantitative estimate of drug-likeness (QED) is 0.0798. The molecule has 6 unspecified atom stereocenters. The normalized spacial score (nSPS) is 29.0. The molecule has 0 bridgehead atoms. The summed E-state index contributed by atoms with van der Waals surface area (Å²) in [5, 5.41) is 10.6. The third-order valence-electron chi connectivity index (χ3n) is 12.2. The van der Waals surface area contributed by atoms with Crippen molar-refractivity contribution < 1.29 is 42.8 Å². The van der Waals surface area contributed by atoms with Crippen LogP contribution in [-0.2, 0) is 35.0 Å². The minimum atomic E-state index is -1.74. The Hall–Kier alpha value is -4.79. The van der Waals surface area contributed by atoms with Gasteiger partial charge in [-0.1, -0.05) is 43.2 Å². The molecule has 1 saturated carbocycles. The molecule has 1 aromatic carbocycles. The summed E-state index contributed by atoms with van der Waals surface area (Å²) in [4.78, 5) is 41.4. The smallest absolute Gasteiger partial charge is 0.333 e. The summed E-state index contributed by atoms with van der Waals surface area (Å²) in [6, 6.07) is 2.23. The van der Waals surface area contributed by atoms with Gasteiger partial charge in [0.15, 0.2) is 22.7 Å². The third kappa shape index (κ3) is 6.49. The van der Waals surface area contributed by atoms with Crippen molar-refractivity contribution in [2.24, 2.45) is 23.5 Å². The first-order valence-corrected chi connectivity index (χ1v) is 19.9. The first-order chi connectivity index (χ1) is 26.7. The summed E-state index contributed by atoms with van der Waals surface area (Å²) in [6.45, 7) is 19.2. The average molecular weight is 801 g/mol. The second-order valence-corrected chi connectivity index (χ2v) is 17.2. The molecule has 11 nitrogen and oxygen atoms in total. The Kier molecular flexibility index (Phi) is 10.9. The van der Waals surface area contributed by atoms with E-state index in [0.717, 1.165) is 12.0 Å². The second-order valence-electron chi connectivity index (χ2n) is 17.0. The summed E-state index contributed by atoms with van der Waals surface area (Å²) >= 11 is 6.09. The summed E-state index contributed by atoms with van der Waals surface area (Å²) in [5.74, 6) is -3.59. The lowest BCUT2D eigenvalue weighted by molar-refractivity contribution is -0.176. The van der Waals surface area contributed by atoms with E-state index in [9.17, 15) is 14.9 Å². The van der Waals surface area contributed by atoms with E-state index < -0.39 is 58.0 Å². The molecule has 4 heterocycles. The van der Waals surface area contributed by atoms with Crippen LogP contribution in [0.25, 0.3) is 11.8 Å². The van der Waals surface area contributed by atoms with Gasteiger partial charge in [0.25, 0.3) is 0 Å². The van der Waals surface area contributed by atoms with Gasteiger partial charge >= 0.3 is 11.9 Å². The molecule has 0 aromatic heterocycles. The van der Waals surface area contributed by atoms with Crippen LogP contribution in [0.15, 0.2) is 58.1 Å². The Balaban J connectivity index is 1.78. The van der Waals surface area contributed by atoms with Gasteiger partial charge in [-0.2, -0.15) is 5.26 Å². The number of nitrogens with zero attached hydrogens (tertiary/aromatic N) is 1. The maximum atomic E-state index is 15.3. The number of methoxy groups -OCH3 is 1. The zero-order chi connectivity index (χ0) is 42.0. The highest BCUT2D eigenvalue weighted by molar-refractivity contribution is 6.26. The number of ketones is 1. The van der Waals surface area contributed by atoms with Gasteiger partial charge < -0.3 is 34.2 Å². The molecule has 12 heteroatoms. The molecule has 1 aliphatic carbocycles. The number of halogens is 1. The lowest BCUT2D eigenvalue weighted by Crippen LogP contribution is -2.70. The molecule has 0 radical (unpaired) electrons. The van der Waals surface area contributed by atoms with Gasteiger partial charge in [-0.3, -0.25) is 9.59 Å². The monoisotopic (exact) mass is 800 g/mol. The molecule has 2 N–H and O–H groups in total. The highest BCUT2D eigenvalue weighted by atomic mass is 35.5. The van der Waals surface area contributed by atoms with Crippen LogP contribution < -0.4 is 19.9 Å². The lowest BCUT2D eigenvalue weighted by Gasteiger charge is -2.57. The first-order valence-electron chi connectivity index (χ1n) is 19.4. The zero-order valence-electron chi connectivity index (χ0n) is 34.7. The number of rotatable bonds is 10. The van der Waals surface area contributed by atoms with Gasteiger partial charge in [-0.15, -0.1) is 11.6 Å². The molecule has 6 atom stereocenters. The van der Waals surface area contributed by atoms with E-state index in [1.165, 1.54) is 12.7 Å². The van der Waals surface area contributed by atoms with Crippen molar-refractivity contribution in [3.63, 3.8) is 0 Å². The van der Waals surface area contributed by atoms with Crippen LogP contribution in [0, 0.1) is 29.1 Å². The molecule has 1 aromatic rings. The fourth-order valence-corrected chi connectivity index (χ4v) is 9.19. The minimum absolute atomic E-state index is 0.0743. The molecular formula is C45H53ClN2O9. The molecule has 6 rings (SSSR count). The number of carbonyl (C=O) groups is 3. The van der Waals surface area contributed by atoms with Crippen LogP contribution >= 0.6 is 11.6 Å². The number of nitriles is 1. The van der Waals surface area contributed by atoms with Gasteiger partial charge in [0.2, 0.25) is 5.88 Å². The number of esters is 2. The lowest BCUT2D eigenvalue weighted by atomic mass is 9.52. The number of benzene rings is 1. The fourth-order valence-electron chi connectivity index (χ4n) is 9.14. The maximum Gasteiger partial charge on any atom is 0.333 e. The number of alkyl halides is 1. The van der Waals surface area contributed by atoms with Crippen LogP contribution in [0.3, 0.4) is 0 Å². The molecule has 2 fully saturated rings. The number of ether oxygens (including phenoxy) is 6. The first kappa shape index (κ1) is 41.8. The molecule has 304 valence electrons. The predicted molar refractivity (Wildman–Crippen MR) is 216 cm³/mol. The van der Waals surface area contributed by atoms with Crippen LogP contribution in [-0.4, -0.2) is 53.1 Å². The Morgan fingerprint density at radius 1 is 1.04 bits per heavy atom. The molecule has 1 saturated heterocycles. The minimum Gasteiger partial charge on any atom is -0.482 e. The zero-order valence-corrected chi connectivity index (χ0v) is 35.5. The van der Waals surface area contributed by atoms with Gasteiger partial charge in [-0.25, -0.2) is 4.79 Å². The van der Waals surface area contributed by atoms with E-state index in [2.05, 4.69) is 12.1 Å². The maximum absolute atomic E-state index is 15.3. The van der Waals surface area contributed by atoms with Crippen molar-refractivity contribution in [3.8, 4) is 23.3 Å². The van der Waals surface area contributed by atoms with Crippen molar-refractivity contribution in [2.45, 2.75) is 117 Å². The largest absolute Gasteiger partial charge is 0.482 e. The molecule has 4 aliphatic heterocycles. The molecule has 5 aliphatic rings. The standard InChI is InChI=1S/C45H53ClN2O9/c1-23(2)13-12-18-43(10)19-17-29-35(55-43)28(15-14-24(3)4)37-33(36(29)53-31(49)21-46)38-34-32(30(22-47)40(48)54-38)26(6)39(50)44(20-16-25(5)41(51)52-11)45(34,56-37)27(7)42(8,9)57-44/h13-14,16-17,19,26-27,32H,12,15,18,20-21,48H2,1-11H3/b25-16-. The highest BCUT2D eigenvalue weighted by Crippen LogP contribution is 2.69. The van der Waals surface area contributed by atoms with Crippen LogP contribution in [0.4, 0.5) is 0 Å². The second kappa shape index (κ2) is 14.9. The number of nitrogens with two attached hydrogens (primary N) is 1. The van der Waals surface area contributed by atoms with E-state index >= 15 is 4.79 Å². The average Bonchev–Trinajstić information content (AvgIpc) is 3.32. The third-order valence-corrected chi connectivity index (χ3v) is 12.4. The predicted octanol–water partition coefficient (Wildman–Crippen LogP) is 8.34. The molecule has 1 spiro atoms. The number of hydrogen-bond acceptors (Lipinski definition) is 11. The van der Waals surface area contributed by atoms with Gasteiger partial charge in [0.05, 0.1) is 23.8 Å². The number of fused-ring (bicyclic) bond motifs is 3. The Bertz CT molecular complexity index is 2180. The Morgan fingerprint density at radius 3 is 2.33 bits per heavy atom. The molecule has 0 amide bonds. The topological polar surface area (TPSA) is 156 Å². The SMILES string of the molecule is COC(=O)/C(C)=C\CC12OC(C)(C)C(C)C13Oc1c(CC=C(C)C)c4c(c(OC(=O)CCl)c1C1=C3C(C(C#N)=C(N)O1)C(C)C2=O)C=CC(C)(CCC=C(C)C)O4. The Labute approximate surface area is 340 Å². The van der Waals surface area contributed by atoms with Gasteiger partial charge in [0.1, 0.15) is 40.4 Å². The summed E-state index contributed by atoms with van der Waals surface area (Å²) < 4.78 is 39.4. The summed E-state index contributed by atoms with van der Waals surface area (Å²) in [7, 11) is 1.29. The highest BCUT2D eigenvalue weighted by Gasteiger charge is 2.79. The van der Waals surface area contributed by atoms with E-state index in [-0.39, 0.29) is 52.1 Å². The molecular weight excluding hydrogens is 748 g/mol. The number of hydrogen-bond donors (Lipinski definition) is 1. The van der Waals surface area contributed by atoms with Crippen molar-refractivity contribution in [1.29, 1.82) is 5.26 Å². The van der Waals surface area contributed by atoms with E-state index in [1.54, 1.807) is 19.9 Å². The number of Topliss-reactive ketones (excluding diaryl/α,β-unsaturated/α-hetero) is 1. The van der Waals surface area contributed by atoms with Crippen LogP contribution in [0.1, 0.15) is 105 Å².